The van der Waals surface area contributed by atoms with E-state index in [1.807, 2.05) is 13.8 Å². The number of fused-ring (bicyclic) bond motifs is 1. The number of nitrogens with zero attached hydrogens (tertiary/aromatic N) is 3. The number of esters is 1. The molecule has 8 heteroatoms. The Kier molecular flexibility index (Phi) is 5.13. The minimum absolute atomic E-state index is 0.255. The number of nitrogens with one attached hydrogen (secondary N) is 2. The van der Waals surface area contributed by atoms with Gasteiger partial charge in [-0.15, -0.1) is 11.8 Å². The van der Waals surface area contributed by atoms with Gasteiger partial charge in [0.05, 0.1) is 12.9 Å². The van der Waals surface area contributed by atoms with Crippen molar-refractivity contribution < 1.29 is 9.53 Å². The first-order chi connectivity index (χ1) is 10.1. The van der Waals surface area contributed by atoms with Crippen molar-refractivity contribution in [1.29, 1.82) is 0 Å². The van der Waals surface area contributed by atoms with Crippen molar-refractivity contribution in [2.24, 2.45) is 0 Å². The molecule has 0 aliphatic heterocycles. The van der Waals surface area contributed by atoms with Gasteiger partial charge in [-0.2, -0.15) is 0 Å². The third-order valence-corrected chi connectivity index (χ3v) is 4.28. The molecule has 0 bridgehead atoms. The fourth-order valence-corrected chi connectivity index (χ4v) is 2.99. The summed E-state index contributed by atoms with van der Waals surface area (Å²) in [6.07, 6.45) is 3.05. The number of thioether (sulfide) groups is 1. The first-order valence-electron chi connectivity index (χ1n) is 6.80. The lowest BCUT2D eigenvalue weighted by Crippen LogP contribution is -2.52. The van der Waals surface area contributed by atoms with E-state index < -0.39 is 5.54 Å². The van der Waals surface area contributed by atoms with Crippen LogP contribution < -0.4 is 5.32 Å². The van der Waals surface area contributed by atoms with Gasteiger partial charge in [-0.05, 0) is 20.4 Å². The summed E-state index contributed by atoms with van der Waals surface area (Å²) >= 11 is 1.47. The number of H-pyrrole nitrogens is 1. The second kappa shape index (κ2) is 6.86. The van der Waals surface area contributed by atoms with Crippen molar-refractivity contribution in [1.82, 2.24) is 25.3 Å². The van der Waals surface area contributed by atoms with Crippen LogP contribution in [0.25, 0.3) is 11.2 Å². The zero-order valence-corrected chi connectivity index (χ0v) is 13.2. The van der Waals surface area contributed by atoms with E-state index >= 15 is 0 Å². The predicted octanol–water partition coefficient (Wildman–Crippen LogP) is 1.38. The molecular formula is C13H19N5O2S. The molecule has 0 amide bonds. The summed E-state index contributed by atoms with van der Waals surface area (Å²) in [6, 6.07) is 0. The van der Waals surface area contributed by atoms with Gasteiger partial charge in [-0.1, -0.05) is 6.92 Å². The van der Waals surface area contributed by atoms with Crippen LogP contribution in [0.5, 0.6) is 0 Å². The molecule has 21 heavy (non-hydrogen) atoms. The fourth-order valence-electron chi connectivity index (χ4n) is 1.93. The smallest absolute Gasteiger partial charge is 0.326 e. The fraction of sp³-hybridized carbons (Fsp3) is 0.538. The molecule has 2 N–H and O–H groups in total. The number of likely N-dealkylation sites (N-methyl/N-ethyl adjacent to an activating group) is 1. The van der Waals surface area contributed by atoms with Gasteiger partial charge in [-0.25, -0.2) is 15.0 Å². The van der Waals surface area contributed by atoms with Gasteiger partial charge >= 0.3 is 5.97 Å². The number of imidazole rings is 1. The van der Waals surface area contributed by atoms with E-state index in [0.717, 1.165) is 10.5 Å². The van der Waals surface area contributed by atoms with Gasteiger partial charge < -0.3 is 15.0 Å². The van der Waals surface area contributed by atoms with Crippen LogP contribution in [0, 0.1) is 0 Å². The Morgan fingerprint density at radius 1 is 1.43 bits per heavy atom. The third-order valence-electron chi connectivity index (χ3n) is 2.98. The van der Waals surface area contributed by atoms with Gasteiger partial charge in [0.15, 0.2) is 5.65 Å². The minimum atomic E-state index is -0.757. The normalized spacial score (nSPS) is 14.0. The van der Waals surface area contributed by atoms with E-state index in [1.165, 1.54) is 18.1 Å². The van der Waals surface area contributed by atoms with Crippen LogP contribution in [0.1, 0.15) is 20.8 Å². The average molecular weight is 309 g/mol. The van der Waals surface area contributed by atoms with Crippen molar-refractivity contribution in [3.63, 3.8) is 0 Å². The molecule has 1 unspecified atom stereocenters. The SMILES string of the molecule is CCNC(C)(CSc1ncnc2nc[nH]c12)C(=O)OCC. The Morgan fingerprint density at radius 2 is 2.24 bits per heavy atom. The van der Waals surface area contributed by atoms with E-state index in [4.69, 9.17) is 4.74 Å². The molecule has 1 atom stereocenters. The molecule has 0 saturated carbocycles. The van der Waals surface area contributed by atoms with Gasteiger partial charge in [0.2, 0.25) is 0 Å². The number of hydrogen-bond donors (Lipinski definition) is 2. The maximum Gasteiger partial charge on any atom is 0.326 e. The summed E-state index contributed by atoms with van der Waals surface area (Å²) in [6.45, 7) is 6.64. The summed E-state index contributed by atoms with van der Waals surface area (Å²) in [4.78, 5) is 27.6. The number of carbonyl (C=O) groups excluding carboxylic acids is 1. The van der Waals surface area contributed by atoms with Crippen LogP contribution in [-0.2, 0) is 9.53 Å². The highest BCUT2D eigenvalue weighted by Crippen LogP contribution is 2.26. The lowest BCUT2D eigenvalue weighted by atomic mass is 10.1. The highest BCUT2D eigenvalue weighted by Gasteiger charge is 2.34. The molecule has 0 radical (unpaired) electrons. The number of carbonyl (C=O) groups is 1. The highest BCUT2D eigenvalue weighted by atomic mass is 32.2. The largest absolute Gasteiger partial charge is 0.465 e. The van der Waals surface area contributed by atoms with Crippen molar-refractivity contribution >= 4 is 28.9 Å². The van der Waals surface area contributed by atoms with E-state index in [1.54, 1.807) is 13.3 Å². The van der Waals surface area contributed by atoms with E-state index in [0.29, 0.717) is 24.6 Å². The molecule has 7 nitrogen and oxygen atoms in total. The Morgan fingerprint density at radius 3 is 2.95 bits per heavy atom. The van der Waals surface area contributed by atoms with Crippen LogP contribution >= 0.6 is 11.8 Å². The lowest BCUT2D eigenvalue weighted by Gasteiger charge is -2.27. The number of rotatable bonds is 7. The van der Waals surface area contributed by atoms with Gasteiger partial charge in [0.25, 0.3) is 0 Å². The van der Waals surface area contributed by atoms with Gasteiger partial charge in [0.1, 0.15) is 22.4 Å². The molecule has 2 aromatic rings. The first-order valence-corrected chi connectivity index (χ1v) is 7.78. The van der Waals surface area contributed by atoms with Gasteiger partial charge in [0, 0.05) is 5.75 Å². The van der Waals surface area contributed by atoms with E-state index in [-0.39, 0.29) is 5.97 Å². The predicted molar refractivity (Wildman–Crippen MR) is 81.1 cm³/mol. The highest BCUT2D eigenvalue weighted by molar-refractivity contribution is 7.99. The molecule has 2 aromatic heterocycles. The summed E-state index contributed by atoms with van der Waals surface area (Å²) in [7, 11) is 0. The monoisotopic (exact) mass is 309 g/mol. The summed E-state index contributed by atoms with van der Waals surface area (Å²) in [5.41, 5.74) is 0.645. The average Bonchev–Trinajstić information content (AvgIpc) is 2.94. The molecular weight excluding hydrogens is 290 g/mol. The Bertz CT molecular complexity index is 617. The van der Waals surface area contributed by atoms with Crippen LogP contribution in [0.2, 0.25) is 0 Å². The Labute approximate surface area is 127 Å². The van der Waals surface area contributed by atoms with Crippen molar-refractivity contribution in [2.45, 2.75) is 31.3 Å². The molecule has 114 valence electrons. The maximum absolute atomic E-state index is 12.1. The zero-order chi connectivity index (χ0) is 15.3. The summed E-state index contributed by atoms with van der Waals surface area (Å²) in [5.74, 6) is 0.249. The topological polar surface area (TPSA) is 92.8 Å². The zero-order valence-electron chi connectivity index (χ0n) is 12.3. The number of aromatic amines is 1. The second-order valence-electron chi connectivity index (χ2n) is 4.65. The van der Waals surface area contributed by atoms with Crippen LogP contribution in [0.3, 0.4) is 0 Å². The maximum atomic E-state index is 12.1. The summed E-state index contributed by atoms with van der Waals surface area (Å²) in [5, 5.41) is 3.96. The molecule has 0 aliphatic rings. The standard InChI is InChI=1S/C13H19N5O2S/c1-4-18-13(3,12(19)20-5-2)6-21-11-9-10(15-7-14-9)16-8-17-11/h7-8,18H,4-6H2,1-3H3,(H,14,15,16,17). The Balaban J connectivity index is 2.14. The van der Waals surface area contributed by atoms with Gasteiger partial charge in [-0.3, -0.25) is 4.79 Å². The quantitative estimate of drug-likeness (QED) is 0.453. The first kappa shape index (κ1) is 15.7. The van der Waals surface area contributed by atoms with Crippen LogP contribution in [0.4, 0.5) is 0 Å². The Hall–Kier alpha value is -1.67. The van der Waals surface area contributed by atoms with Crippen molar-refractivity contribution in [3.8, 4) is 0 Å². The lowest BCUT2D eigenvalue weighted by molar-refractivity contribution is -0.149. The second-order valence-corrected chi connectivity index (χ2v) is 5.62. The molecule has 0 saturated heterocycles. The van der Waals surface area contributed by atoms with Crippen molar-refractivity contribution in [2.75, 3.05) is 18.9 Å². The molecule has 0 aliphatic carbocycles. The number of aromatic nitrogens is 4. The molecule has 2 heterocycles. The molecule has 0 fully saturated rings. The van der Waals surface area contributed by atoms with E-state index in [2.05, 4.69) is 25.3 Å². The van der Waals surface area contributed by atoms with Crippen molar-refractivity contribution in [3.05, 3.63) is 12.7 Å². The molecule has 2 rings (SSSR count). The molecule has 0 aromatic carbocycles. The van der Waals surface area contributed by atoms with E-state index in [9.17, 15) is 4.79 Å². The third kappa shape index (κ3) is 3.51. The minimum Gasteiger partial charge on any atom is -0.465 e. The number of hydrogen-bond acceptors (Lipinski definition) is 7. The van der Waals surface area contributed by atoms with Crippen LogP contribution in [0.15, 0.2) is 17.7 Å². The molecule has 0 spiro atoms. The number of ether oxygens (including phenoxy) is 1. The summed E-state index contributed by atoms with van der Waals surface area (Å²) < 4.78 is 5.15. The van der Waals surface area contributed by atoms with Crippen LogP contribution in [-0.4, -0.2) is 50.3 Å².